The lowest BCUT2D eigenvalue weighted by Gasteiger charge is -2.11. The molecule has 0 fully saturated rings. The summed E-state index contributed by atoms with van der Waals surface area (Å²) in [5.41, 5.74) is 0.974. The van der Waals surface area contributed by atoms with Gasteiger partial charge in [-0.25, -0.2) is 9.18 Å². The first-order valence-electron chi connectivity index (χ1n) is 7.41. The Hall–Kier alpha value is -3.22. The van der Waals surface area contributed by atoms with Crippen LogP contribution in [0.4, 0.5) is 10.1 Å². The number of nitrogens with one attached hydrogen (secondary N) is 1. The van der Waals surface area contributed by atoms with Crippen LogP contribution in [0.3, 0.4) is 0 Å². The van der Waals surface area contributed by atoms with Gasteiger partial charge in [-0.15, -0.1) is 0 Å². The first kappa shape index (κ1) is 18.1. The molecule has 7 heteroatoms. The van der Waals surface area contributed by atoms with Gasteiger partial charge in [0, 0.05) is 25.3 Å². The zero-order chi connectivity index (χ0) is 18.4. The highest BCUT2D eigenvalue weighted by Gasteiger charge is 2.12. The summed E-state index contributed by atoms with van der Waals surface area (Å²) in [4.78, 5) is 36.7. The Morgan fingerprint density at radius 1 is 1.04 bits per heavy atom. The van der Waals surface area contributed by atoms with Gasteiger partial charge in [0.25, 0.3) is 11.8 Å². The third-order valence-corrected chi connectivity index (χ3v) is 3.22. The van der Waals surface area contributed by atoms with Crippen molar-refractivity contribution in [3.63, 3.8) is 0 Å². The monoisotopic (exact) mass is 344 g/mol. The molecular formula is C18H17FN2O4. The number of hydrogen-bond acceptors (Lipinski definition) is 4. The van der Waals surface area contributed by atoms with Gasteiger partial charge in [0.2, 0.25) is 0 Å². The van der Waals surface area contributed by atoms with Crippen molar-refractivity contribution in [1.82, 2.24) is 4.90 Å². The summed E-state index contributed by atoms with van der Waals surface area (Å²) < 4.78 is 17.9. The molecule has 1 N–H and O–H groups in total. The summed E-state index contributed by atoms with van der Waals surface area (Å²) in [6.45, 7) is -0.506. The number of carbonyl (C=O) groups is 3. The highest BCUT2D eigenvalue weighted by Crippen LogP contribution is 2.11. The Balaban J connectivity index is 1.88. The Morgan fingerprint density at radius 3 is 2.32 bits per heavy atom. The van der Waals surface area contributed by atoms with Crippen LogP contribution in [0, 0.1) is 5.82 Å². The summed E-state index contributed by atoms with van der Waals surface area (Å²) in [7, 11) is 3.29. The lowest BCUT2D eigenvalue weighted by atomic mass is 10.2. The molecule has 0 aliphatic rings. The van der Waals surface area contributed by atoms with Crippen molar-refractivity contribution < 1.29 is 23.5 Å². The maximum Gasteiger partial charge on any atom is 0.338 e. The minimum Gasteiger partial charge on any atom is -0.452 e. The fourth-order valence-corrected chi connectivity index (χ4v) is 1.98. The highest BCUT2D eigenvalue weighted by molar-refractivity contribution is 5.97. The maximum atomic E-state index is 13.0. The Bertz CT molecular complexity index is 788. The van der Waals surface area contributed by atoms with Gasteiger partial charge in [0.05, 0.1) is 5.56 Å². The molecule has 6 nitrogen and oxygen atoms in total. The number of rotatable bonds is 5. The van der Waals surface area contributed by atoms with E-state index < -0.39 is 24.3 Å². The number of halogens is 1. The highest BCUT2D eigenvalue weighted by atomic mass is 19.1. The van der Waals surface area contributed by atoms with Gasteiger partial charge < -0.3 is 15.0 Å². The van der Waals surface area contributed by atoms with Crippen LogP contribution in [-0.2, 0) is 9.53 Å². The van der Waals surface area contributed by atoms with Crippen molar-refractivity contribution in [2.45, 2.75) is 0 Å². The summed E-state index contributed by atoms with van der Waals surface area (Å²) in [5, 5.41) is 2.54. The fraction of sp³-hybridized carbons (Fsp3) is 0.167. The van der Waals surface area contributed by atoms with Crippen molar-refractivity contribution in [2.24, 2.45) is 0 Å². The SMILES string of the molecule is CN(C)C(=O)c1ccc(NC(=O)COC(=O)c2cccc(F)c2)cc1. The van der Waals surface area contributed by atoms with E-state index in [1.807, 2.05) is 0 Å². The molecule has 0 unspecified atom stereocenters. The largest absolute Gasteiger partial charge is 0.452 e. The van der Waals surface area contributed by atoms with E-state index in [4.69, 9.17) is 4.74 Å². The Labute approximate surface area is 144 Å². The first-order chi connectivity index (χ1) is 11.9. The number of esters is 1. The number of anilines is 1. The summed E-state index contributed by atoms with van der Waals surface area (Å²) >= 11 is 0. The summed E-state index contributed by atoms with van der Waals surface area (Å²) in [6.07, 6.45) is 0. The van der Waals surface area contributed by atoms with E-state index in [-0.39, 0.29) is 11.5 Å². The Morgan fingerprint density at radius 2 is 1.72 bits per heavy atom. The van der Waals surface area contributed by atoms with Crippen molar-refractivity contribution in [2.75, 3.05) is 26.0 Å². The van der Waals surface area contributed by atoms with Crippen molar-refractivity contribution in [1.29, 1.82) is 0 Å². The van der Waals surface area contributed by atoms with Crippen molar-refractivity contribution in [3.8, 4) is 0 Å². The standard InChI is InChI=1S/C18H17FN2O4/c1-21(2)17(23)12-6-8-15(9-7-12)20-16(22)11-25-18(24)13-4-3-5-14(19)10-13/h3-10H,11H2,1-2H3,(H,20,22). The average molecular weight is 344 g/mol. The van der Waals surface area contributed by atoms with Gasteiger partial charge in [0.15, 0.2) is 6.61 Å². The van der Waals surface area contributed by atoms with Gasteiger partial charge in [-0.3, -0.25) is 9.59 Å². The number of nitrogens with zero attached hydrogens (tertiary/aromatic N) is 1. The average Bonchev–Trinajstić information content (AvgIpc) is 2.59. The van der Waals surface area contributed by atoms with Gasteiger partial charge in [-0.1, -0.05) is 6.07 Å². The molecule has 0 heterocycles. The topological polar surface area (TPSA) is 75.7 Å². The molecule has 0 spiro atoms. The van der Waals surface area contributed by atoms with Crippen LogP contribution in [0.1, 0.15) is 20.7 Å². The molecule has 0 saturated carbocycles. The number of amides is 2. The minimum absolute atomic E-state index is 0.0272. The molecule has 2 aromatic rings. The molecule has 0 aromatic heterocycles. The third kappa shape index (κ3) is 5.13. The molecule has 0 atom stereocenters. The number of benzene rings is 2. The number of ether oxygens (including phenoxy) is 1. The third-order valence-electron chi connectivity index (χ3n) is 3.22. The van der Waals surface area contributed by atoms with Crippen LogP contribution >= 0.6 is 0 Å². The van der Waals surface area contributed by atoms with Crippen LogP contribution in [0.2, 0.25) is 0 Å². The maximum absolute atomic E-state index is 13.0. The van der Waals surface area contributed by atoms with Crippen LogP contribution in [0.5, 0.6) is 0 Å². The molecule has 0 radical (unpaired) electrons. The molecule has 2 amide bonds. The Kier molecular flexibility index (Phi) is 5.84. The quantitative estimate of drug-likeness (QED) is 0.845. The molecule has 130 valence electrons. The van der Waals surface area contributed by atoms with E-state index in [0.717, 1.165) is 6.07 Å². The molecule has 0 saturated heterocycles. The van der Waals surface area contributed by atoms with E-state index >= 15 is 0 Å². The van der Waals surface area contributed by atoms with Crippen LogP contribution in [-0.4, -0.2) is 43.4 Å². The van der Waals surface area contributed by atoms with Gasteiger partial charge in [-0.05, 0) is 42.5 Å². The molecule has 0 aliphatic carbocycles. The van der Waals surface area contributed by atoms with Gasteiger partial charge in [0.1, 0.15) is 5.82 Å². The van der Waals surface area contributed by atoms with E-state index in [9.17, 15) is 18.8 Å². The molecule has 2 rings (SSSR count). The van der Waals surface area contributed by atoms with Crippen LogP contribution in [0.25, 0.3) is 0 Å². The summed E-state index contributed by atoms with van der Waals surface area (Å²) in [6, 6.07) is 11.3. The van der Waals surface area contributed by atoms with Gasteiger partial charge >= 0.3 is 5.97 Å². The molecule has 0 aliphatic heterocycles. The predicted octanol–water partition coefficient (Wildman–Crippen LogP) is 2.32. The lowest BCUT2D eigenvalue weighted by Crippen LogP contribution is -2.22. The smallest absolute Gasteiger partial charge is 0.338 e. The zero-order valence-electron chi connectivity index (χ0n) is 13.8. The fourth-order valence-electron chi connectivity index (χ4n) is 1.98. The van der Waals surface area contributed by atoms with Crippen molar-refractivity contribution >= 4 is 23.5 Å². The van der Waals surface area contributed by atoms with Crippen LogP contribution < -0.4 is 5.32 Å². The summed E-state index contributed by atoms with van der Waals surface area (Å²) in [5.74, 6) is -2.05. The second-order valence-corrected chi connectivity index (χ2v) is 5.41. The van der Waals surface area contributed by atoms with E-state index in [1.165, 1.54) is 23.1 Å². The van der Waals surface area contributed by atoms with Crippen LogP contribution in [0.15, 0.2) is 48.5 Å². The normalized spacial score (nSPS) is 10.0. The predicted molar refractivity (Wildman–Crippen MR) is 89.8 cm³/mol. The zero-order valence-corrected chi connectivity index (χ0v) is 13.8. The second kappa shape index (κ2) is 8.05. The minimum atomic E-state index is -0.790. The van der Waals surface area contributed by atoms with Gasteiger partial charge in [-0.2, -0.15) is 0 Å². The van der Waals surface area contributed by atoms with Crippen molar-refractivity contribution in [3.05, 3.63) is 65.5 Å². The molecule has 25 heavy (non-hydrogen) atoms. The van der Waals surface area contributed by atoms with E-state index in [1.54, 1.807) is 38.4 Å². The van der Waals surface area contributed by atoms with E-state index in [0.29, 0.717) is 11.3 Å². The number of hydrogen-bond donors (Lipinski definition) is 1. The molecule has 2 aromatic carbocycles. The first-order valence-corrected chi connectivity index (χ1v) is 7.41. The number of carbonyl (C=O) groups excluding carboxylic acids is 3. The second-order valence-electron chi connectivity index (χ2n) is 5.41. The molecular weight excluding hydrogens is 327 g/mol. The lowest BCUT2D eigenvalue weighted by molar-refractivity contribution is -0.119. The van der Waals surface area contributed by atoms with E-state index in [2.05, 4.69) is 5.32 Å². The molecule has 0 bridgehead atoms.